The first-order valence-corrected chi connectivity index (χ1v) is 6.61. The van der Waals surface area contributed by atoms with E-state index in [1.165, 1.54) is 12.1 Å². The van der Waals surface area contributed by atoms with Crippen LogP contribution in [-0.4, -0.2) is 22.9 Å². The van der Waals surface area contributed by atoms with Gasteiger partial charge < -0.3 is 4.90 Å². The predicted octanol–water partition coefficient (Wildman–Crippen LogP) is 2.34. The van der Waals surface area contributed by atoms with E-state index in [1.54, 1.807) is 11.8 Å². The number of carbonyl (C=O) groups excluding carboxylic acids is 1. The third-order valence-corrected chi connectivity index (χ3v) is 4.04. The lowest BCUT2D eigenvalue weighted by Gasteiger charge is -2.38. The maximum atomic E-state index is 13.3. The summed E-state index contributed by atoms with van der Waals surface area (Å²) in [5.41, 5.74) is 0.600. The van der Waals surface area contributed by atoms with E-state index in [0.717, 1.165) is 25.3 Å². The normalized spacial score (nSPS) is 27.7. The number of hydrogen-bond donors (Lipinski definition) is 1. The number of benzene rings is 1. The molecule has 1 heterocycles. The molecule has 0 spiro atoms. The first-order chi connectivity index (χ1) is 9.08. The zero-order valence-corrected chi connectivity index (χ0v) is 10.7. The van der Waals surface area contributed by atoms with Crippen molar-refractivity contribution in [3.63, 3.8) is 0 Å². The van der Waals surface area contributed by atoms with Gasteiger partial charge in [-0.15, -0.1) is 0 Å². The van der Waals surface area contributed by atoms with Crippen molar-refractivity contribution in [1.82, 2.24) is 10.2 Å². The molecular weight excluding hydrogens is 250 g/mol. The summed E-state index contributed by atoms with van der Waals surface area (Å²) >= 11 is 0. The van der Waals surface area contributed by atoms with E-state index < -0.39 is 11.6 Å². The molecule has 1 aromatic rings. The Kier molecular flexibility index (Phi) is 3.01. The summed E-state index contributed by atoms with van der Waals surface area (Å²) in [6.45, 7) is 1.80. The fourth-order valence-corrected chi connectivity index (χ4v) is 2.73. The van der Waals surface area contributed by atoms with Crippen LogP contribution in [0.3, 0.4) is 0 Å². The molecule has 3 rings (SSSR count). The Morgan fingerprint density at radius 3 is 2.58 bits per heavy atom. The first-order valence-electron chi connectivity index (χ1n) is 6.61. The Bertz CT molecular complexity index is 516. The van der Waals surface area contributed by atoms with Crippen LogP contribution in [0.15, 0.2) is 18.2 Å². The van der Waals surface area contributed by atoms with Crippen molar-refractivity contribution in [3.8, 4) is 0 Å². The van der Waals surface area contributed by atoms with Gasteiger partial charge in [0, 0.05) is 6.04 Å². The Balaban J connectivity index is 1.92. The molecule has 0 aromatic heterocycles. The highest BCUT2D eigenvalue weighted by atomic mass is 19.2. The van der Waals surface area contributed by atoms with E-state index in [0.29, 0.717) is 5.56 Å². The van der Waals surface area contributed by atoms with E-state index in [9.17, 15) is 13.6 Å². The first kappa shape index (κ1) is 12.5. The summed E-state index contributed by atoms with van der Waals surface area (Å²) in [5.74, 6) is -1.70. The number of hydrogen-bond acceptors (Lipinski definition) is 2. The minimum Gasteiger partial charge on any atom is -0.319 e. The summed E-state index contributed by atoms with van der Waals surface area (Å²) in [7, 11) is 0. The lowest BCUT2D eigenvalue weighted by atomic mass is 9.90. The van der Waals surface area contributed by atoms with Crippen LogP contribution in [0.1, 0.15) is 37.9 Å². The number of nitrogens with one attached hydrogen (secondary N) is 1. The van der Waals surface area contributed by atoms with Crippen LogP contribution in [-0.2, 0) is 4.79 Å². The largest absolute Gasteiger partial charge is 0.319 e. The molecule has 1 amide bonds. The minimum atomic E-state index is -0.875. The van der Waals surface area contributed by atoms with Crippen LogP contribution in [0, 0.1) is 11.6 Å². The fourth-order valence-electron chi connectivity index (χ4n) is 2.73. The van der Waals surface area contributed by atoms with Crippen LogP contribution >= 0.6 is 0 Å². The molecule has 3 nitrogen and oxygen atoms in total. The van der Waals surface area contributed by atoms with Gasteiger partial charge >= 0.3 is 0 Å². The monoisotopic (exact) mass is 266 g/mol. The van der Waals surface area contributed by atoms with E-state index in [4.69, 9.17) is 0 Å². The molecular formula is C14H16F2N2O. The second-order valence-electron chi connectivity index (χ2n) is 5.29. The lowest BCUT2D eigenvalue weighted by Crippen LogP contribution is -2.43. The highest BCUT2D eigenvalue weighted by molar-refractivity contribution is 5.84. The average molecular weight is 266 g/mol. The average Bonchev–Trinajstić information content (AvgIpc) is 2.59. The van der Waals surface area contributed by atoms with Gasteiger partial charge in [-0.25, -0.2) is 8.78 Å². The van der Waals surface area contributed by atoms with Crippen molar-refractivity contribution in [2.24, 2.45) is 0 Å². The molecule has 102 valence electrons. The SMILES string of the molecule is CC1NC(c2ccc(F)c(F)c2)N(C2CCC2)C1=O. The van der Waals surface area contributed by atoms with Crippen LogP contribution in [0.25, 0.3) is 0 Å². The van der Waals surface area contributed by atoms with Gasteiger partial charge in [0.25, 0.3) is 0 Å². The molecule has 1 N–H and O–H groups in total. The van der Waals surface area contributed by atoms with Gasteiger partial charge in [-0.1, -0.05) is 6.07 Å². The topological polar surface area (TPSA) is 32.3 Å². The molecule has 2 unspecified atom stereocenters. The number of rotatable bonds is 2. The fraction of sp³-hybridized carbons (Fsp3) is 0.500. The third-order valence-electron chi connectivity index (χ3n) is 4.04. The molecule has 0 radical (unpaired) electrons. The molecule has 1 saturated heterocycles. The highest BCUT2D eigenvalue weighted by Crippen LogP contribution is 2.35. The molecule has 2 fully saturated rings. The summed E-state index contributed by atoms with van der Waals surface area (Å²) in [6.07, 6.45) is 2.75. The highest BCUT2D eigenvalue weighted by Gasteiger charge is 2.42. The third kappa shape index (κ3) is 2.02. The van der Waals surface area contributed by atoms with Crippen LogP contribution in [0.4, 0.5) is 8.78 Å². The number of nitrogens with zero attached hydrogens (tertiary/aromatic N) is 1. The molecule has 1 aliphatic carbocycles. The maximum Gasteiger partial charge on any atom is 0.241 e. The van der Waals surface area contributed by atoms with E-state index in [1.807, 2.05) is 0 Å². The Hall–Kier alpha value is -1.49. The second kappa shape index (κ2) is 4.56. The summed E-state index contributed by atoms with van der Waals surface area (Å²) in [4.78, 5) is 14.0. The van der Waals surface area contributed by atoms with Gasteiger partial charge in [-0.05, 0) is 43.9 Å². The molecule has 2 aliphatic rings. The predicted molar refractivity (Wildman–Crippen MR) is 66.2 cm³/mol. The van der Waals surface area contributed by atoms with Gasteiger partial charge in [0.1, 0.15) is 6.17 Å². The molecule has 1 aromatic carbocycles. The van der Waals surface area contributed by atoms with E-state index in [-0.39, 0.29) is 24.2 Å². The summed E-state index contributed by atoms with van der Waals surface area (Å²) < 4.78 is 26.3. The Labute approximate surface area is 110 Å². The second-order valence-corrected chi connectivity index (χ2v) is 5.29. The Morgan fingerprint density at radius 1 is 1.26 bits per heavy atom. The van der Waals surface area contributed by atoms with Crippen molar-refractivity contribution in [2.75, 3.05) is 0 Å². The van der Waals surface area contributed by atoms with Crippen molar-refractivity contribution in [3.05, 3.63) is 35.4 Å². The van der Waals surface area contributed by atoms with Crippen LogP contribution in [0.5, 0.6) is 0 Å². The quantitative estimate of drug-likeness (QED) is 0.891. The van der Waals surface area contributed by atoms with Crippen molar-refractivity contribution < 1.29 is 13.6 Å². The summed E-state index contributed by atoms with van der Waals surface area (Å²) in [5, 5.41) is 3.15. The van der Waals surface area contributed by atoms with Crippen molar-refractivity contribution >= 4 is 5.91 Å². The standard InChI is InChI=1S/C14H16F2N2O/c1-8-14(19)18(10-3-2-4-10)13(17-8)9-5-6-11(15)12(16)7-9/h5-8,10,13,17H,2-4H2,1H3. The molecule has 0 bridgehead atoms. The zero-order chi connectivity index (χ0) is 13.6. The molecule has 19 heavy (non-hydrogen) atoms. The summed E-state index contributed by atoms with van der Waals surface area (Å²) in [6, 6.07) is 3.76. The van der Waals surface area contributed by atoms with Crippen LogP contribution < -0.4 is 5.32 Å². The molecule has 1 saturated carbocycles. The smallest absolute Gasteiger partial charge is 0.241 e. The number of carbonyl (C=O) groups is 1. The maximum absolute atomic E-state index is 13.3. The molecule has 5 heteroatoms. The lowest BCUT2D eigenvalue weighted by molar-refractivity contribution is -0.133. The van der Waals surface area contributed by atoms with Crippen molar-refractivity contribution in [1.29, 1.82) is 0 Å². The number of amides is 1. The van der Waals surface area contributed by atoms with Crippen LogP contribution in [0.2, 0.25) is 0 Å². The van der Waals surface area contributed by atoms with Gasteiger partial charge in [-0.3, -0.25) is 10.1 Å². The molecule has 2 atom stereocenters. The van der Waals surface area contributed by atoms with E-state index in [2.05, 4.69) is 5.32 Å². The van der Waals surface area contributed by atoms with Crippen molar-refractivity contribution in [2.45, 2.75) is 44.4 Å². The minimum absolute atomic E-state index is 0.0411. The van der Waals surface area contributed by atoms with Gasteiger partial charge in [0.15, 0.2) is 11.6 Å². The number of halogens is 2. The zero-order valence-electron chi connectivity index (χ0n) is 10.7. The van der Waals surface area contributed by atoms with Gasteiger partial charge in [0.05, 0.1) is 6.04 Å². The van der Waals surface area contributed by atoms with Gasteiger partial charge in [0.2, 0.25) is 5.91 Å². The van der Waals surface area contributed by atoms with E-state index >= 15 is 0 Å². The van der Waals surface area contributed by atoms with Gasteiger partial charge in [-0.2, -0.15) is 0 Å². The molecule has 1 aliphatic heterocycles. The Morgan fingerprint density at radius 2 is 2.00 bits per heavy atom.